The summed E-state index contributed by atoms with van der Waals surface area (Å²) < 4.78 is 37.2. The van der Waals surface area contributed by atoms with E-state index in [0.717, 1.165) is 22.1 Å². The highest BCUT2D eigenvalue weighted by Crippen LogP contribution is 2.63. The number of phenols is 1. The van der Waals surface area contributed by atoms with Gasteiger partial charge in [-0.1, -0.05) is 24.3 Å². The number of para-hydroxylation sites is 1. The molecule has 5 N–H and O–H groups in total. The largest absolute Gasteiger partial charge is 0.504 e. The van der Waals surface area contributed by atoms with Crippen LogP contribution in [0.25, 0.3) is 11.0 Å². The maximum Gasteiger partial charge on any atom is 0.335 e. The number of hydrogen-bond donors (Lipinski definition) is 4. The zero-order valence-electron chi connectivity index (χ0n) is 32.1. The van der Waals surface area contributed by atoms with E-state index in [1.54, 1.807) is 0 Å². The van der Waals surface area contributed by atoms with Crippen LogP contribution in [0.3, 0.4) is 0 Å². The van der Waals surface area contributed by atoms with E-state index in [1.165, 1.54) is 25.8 Å². The molecule has 0 amide bonds. The van der Waals surface area contributed by atoms with Crippen molar-refractivity contribution in [1.82, 2.24) is 15.1 Å². The van der Waals surface area contributed by atoms with Gasteiger partial charge in [-0.05, 0) is 51.6 Å². The van der Waals surface area contributed by atoms with Crippen molar-refractivity contribution in [2.45, 2.75) is 74.8 Å². The predicted octanol–water partition coefficient (Wildman–Crippen LogP) is 4.02. The van der Waals surface area contributed by atoms with Crippen LogP contribution in [0.4, 0.5) is 0 Å². The number of carbonyl (C=O) groups excluding carboxylic acids is 2. The molecular formula is C41H46N4O10S. The Bertz CT molecular complexity index is 2290. The van der Waals surface area contributed by atoms with Crippen molar-refractivity contribution in [3.05, 3.63) is 75.0 Å². The first-order valence-electron chi connectivity index (χ1n) is 18.8. The van der Waals surface area contributed by atoms with Gasteiger partial charge in [0.2, 0.25) is 6.79 Å². The number of furan rings is 1. The average Bonchev–Trinajstić information content (AvgIpc) is 3.78. The fourth-order valence-electron chi connectivity index (χ4n) is 9.93. The van der Waals surface area contributed by atoms with Crippen LogP contribution in [0.15, 0.2) is 34.7 Å². The lowest BCUT2D eigenvalue weighted by Gasteiger charge is -2.53. The number of ether oxygens (including phenoxy) is 5. The van der Waals surface area contributed by atoms with Crippen molar-refractivity contribution in [3.63, 3.8) is 0 Å². The van der Waals surface area contributed by atoms with Gasteiger partial charge in [0, 0.05) is 70.9 Å². The molecule has 4 aromatic rings. The zero-order chi connectivity index (χ0) is 39.4. The third-order valence-electron chi connectivity index (χ3n) is 12.1. The molecule has 6 aliphatic heterocycles. The van der Waals surface area contributed by atoms with Crippen LogP contribution < -0.4 is 30.0 Å². The molecule has 1 fully saturated rings. The van der Waals surface area contributed by atoms with Crippen LogP contribution in [0.5, 0.6) is 28.7 Å². The van der Waals surface area contributed by atoms with Crippen LogP contribution in [0, 0.1) is 13.8 Å². The number of esters is 2. The molecule has 14 nitrogen and oxygen atoms in total. The maximum absolute atomic E-state index is 15.0. The first-order valence-corrected chi connectivity index (χ1v) is 19.9. The van der Waals surface area contributed by atoms with Gasteiger partial charge < -0.3 is 48.9 Å². The van der Waals surface area contributed by atoms with E-state index >= 15 is 0 Å². The number of aryl methyl sites for hydroxylation is 1. The van der Waals surface area contributed by atoms with Crippen molar-refractivity contribution in [2.75, 3.05) is 46.9 Å². The molecule has 3 aromatic carbocycles. The number of phenolic OH excluding ortho intramolecular Hbond substituents is 1. The van der Waals surface area contributed by atoms with E-state index in [-0.39, 0.29) is 43.9 Å². The lowest BCUT2D eigenvalue weighted by molar-refractivity contribution is -0.159. The van der Waals surface area contributed by atoms with Crippen LogP contribution in [0.2, 0.25) is 0 Å². The number of likely N-dealkylation sites (N-methyl/N-ethyl adjacent to an activating group) is 1. The molecule has 1 spiro atoms. The number of aliphatic hydroxyl groups excluding tert-OH is 1. The first kappa shape index (κ1) is 37.1. The fraction of sp³-hybridized carbons (Fsp3) is 0.463. The molecule has 296 valence electrons. The smallest absolute Gasteiger partial charge is 0.335 e. The van der Waals surface area contributed by atoms with E-state index in [9.17, 15) is 19.8 Å². The Balaban J connectivity index is 1.33. The standard InChI is InChI=1S/C41H46N4O10S/c1-18-11-21-12-27(47)45-25-15-51-40(49)41(39-24(13-22(14-42)43-41)23-9-7-8-10-26(23)55-39)16-56-38(32(45)31(44(4)5)28(21)33(48)34(18)50-6)30-29(25)37-36(52-17-53-37)19(2)35(30)54-20(3)46/h7-11,22,25,27,31-32,38,43,47-48H,12-17,42H2,1-6H3/t22-,25+,27+,31+,32-,38-,41-/m1/s1. The molecule has 6 aliphatic rings. The monoisotopic (exact) mass is 786 g/mol. The zero-order valence-corrected chi connectivity index (χ0v) is 33.0. The van der Waals surface area contributed by atoms with Gasteiger partial charge in [-0.3, -0.25) is 15.0 Å². The van der Waals surface area contributed by atoms with E-state index < -0.39 is 47.1 Å². The number of hydrogen-bond acceptors (Lipinski definition) is 15. The lowest BCUT2D eigenvalue weighted by atomic mass is 9.80. The molecule has 1 aromatic heterocycles. The Hall–Kier alpha value is -4.51. The van der Waals surface area contributed by atoms with Gasteiger partial charge in [0.25, 0.3) is 0 Å². The van der Waals surface area contributed by atoms with Crippen LogP contribution in [0.1, 0.15) is 69.0 Å². The molecule has 0 saturated carbocycles. The molecule has 56 heavy (non-hydrogen) atoms. The van der Waals surface area contributed by atoms with Gasteiger partial charge in [-0.25, -0.2) is 4.79 Å². The number of methoxy groups -OCH3 is 1. The summed E-state index contributed by atoms with van der Waals surface area (Å²) in [6.07, 6.45) is -0.406. The van der Waals surface area contributed by atoms with E-state index in [0.29, 0.717) is 63.0 Å². The Kier molecular flexibility index (Phi) is 8.98. The van der Waals surface area contributed by atoms with Gasteiger partial charge in [-0.15, -0.1) is 11.8 Å². The molecule has 10 rings (SSSR count). The third kappa shape index (κ3) is 5.28. The Morgan fingerprint density at radius 2 is 1.88 bits per heavy atom. The van der Waals surface area contributed by atoms with E-state index in [2.05, 4.69) is 5.32 Å². The number of nitrogens with zero attached hydrogens (tertiary/aromatic N) is 2. The lowest BCUT2D eigenvalue weighted by Crippen LogP contribution is -2.62. The molecule has 15 heteroatoms. The summed E-state index contributed by atoms with van der Waals surface area (Å²) in [5.74, 6) is 1.06. The first-order chi connectivity index (χ1) is 26.9. The van der Waals surface area contributed by atoms with Crippen molar-refractivity contribution < 1.29 is 47.9 Å². The second-order valence-electron chi connectivity index (χ2n) is 15.6. The number of aliphatic hydroxyl groups is 1. The average molecular weight is 787 g/mol. The molecule has 7 atom stereocenters. The van der Waals surface area contributed by atoms with Gasteiger partial charge >= 0.3 is 11.9 Å². The number of aromatic hydroxyl groups is 1. The summed E-state index contributed by atoms with van der Waals surface area (Å²) in [4.78, 5) is 31.9. The number of rotatable bonds is 4. The van der Waals surface area contributed by atoms with Gasteiger partial charge in [0.15, 0.2) is 28.5 Å². The molecule has 0 aliphatic carbocycles. The summed E-state index contributed by atoms with van der Waals surface area (Å²) in [6, 6.07) is 7.39. The minimum absolute atomic E-state index is 0.00920. The minimum atomic E-state index is -1.46. The third-order valence-corrected chi connectivity index (χ3v) is 13.6. The summed E-state index contributed by atoms with van der Waals surface area (Å²) in [5.41, 5.74) is 10.4. The number of benzene rings is 3. The van der Waals surface area contributed by atoms with Crippen molar-refractivity contribution in [2.24, 2.45) is 5.73 Å². The van der Waals surface area contributed by atoms with Gasteiger partial charge in [0.1, 0.15) is 29.9 Å². The second kappa shape index (κ2) is 13.6. The normalized spacial score (nSPS) is 28.0. The SMILES string of the molecule is COc1c(C)cc2c(c1O)[C@H](N(C)C)[C@@H]1[C@@H]3SC[C@]4(N[C@@H](CN)Cc5c4oc4ccccc54)C(=O)OC[C@@H](c4c5c(c(C)c(OC(C)=O)c43)OCO5)N1[C@@H](O)C2. The number of nitrogens with two attached hydrogens (primary N) is 1. The highest BCUT2D eigenvalue weighted by atomic mass is 32.2. The summed E-state index contributed by atoms with van der Waals surface area (Å²) in [5, 5.41) is 28.5. The van der Waals surface area contributed by atoms with E-state index in [1.807, 2.05) is 68.1 Å². The molecule has 0 unspecified atom stereocenters. The summed E-state index contributed by atoms with van der Waals surface area (Å²) >= 11 is 1.46. The highest BCUT2D eigenvalue weighted by Gasteiger charge is 2.59. The Morgan fingerprint density at radius 3 is 2.61 bits per heavy atom. The number of nitrogens with one attached hydrogen (secondary N) is 1. The van der Waals surface area contributed by atoms with Crippen molar-refractivity contribution in [1.29, 1.82) is 0 Å². The maximum atomic E-state index is 15.0. The van der Waals surface area contributed by atoms with E-state index in [4.69, 9.17) is 33.8 Å². The molecule has 2 bridgehead atoms. The quantitative estimate of drug-likeness (QED) is 0.172. The highest BCUT2D eigenvalue weighted by molar-refractivity contribution is 7.99. The number of thioether (sulfide) groups is 1. The molecule has 1 saturated heterocycles. The summed E-state index contributed by atoms with van der Waals surface area (Å²) in [6.45, 7) is 5.02. The van der Waals surface area contributed by atoms with Crippen molar-refractivity contribution in [3.8, 4) is 28.7 Å². The molecular weight excluding hydrogens is 741 g/mol. The van der Waals surface area contributed by atoms with Crippen LogP contribution in [-0.2, 0) is 32.7 Å². The van der Waals surface area contributed by atoms with Gasteiger partial charge in [-0.2, -0.15) is 0 Å². The molecule has 0 radical (unpaired) electrons. The number of carbonyl (C=O) groups is 2. The minimum Gasteiger partial charge on any atom is -0.504 e. The number of fused-ring (bicyclic) bond motifs is 8. The van der Waals surface area contributed by atoms with Crippen LogP contribution in [-0.4, -0.2) is 97.2 Å². The fourth-order valence-corrected chi connectivity index (χ4v) is 11.6. The Labute approximate surface area is 328 Å². The second-order valence-corrected chi connectivity index (χ2v) is 16.7. The Morgan fingerprint density at radius 1 is 1.11 bits per heavy atom. The van der Waals surface area contributed by atoms with Crippen LogP contribution >= 0.6 is 11.8 Å². The summed E-state index contributed by atoms with van der Waals surface area (Å²) in [7, 11) is 5.39. The van der Waals surface area contributed by atoms with Crippen molar-refractivity contribution >= 4 is 34.7 Å². The topological polar surface area (TPSA) is 178 Å². The molecule has 7 heterocycles. The van der Waals surface area contributed by atoms with Gasteiger partial charge in [0.05, 0.1) is 24.4 Å². The predicted molar refractivity (Wildman–Crippen MR) is 206 cm³/mol.